The van der Waals surface area contributed by atoms with Crippen molar-refractivity contribution in [3.05, 3.63) is 50.8 Å². The van der Waals surface area contributed by atoms with Gasteiger partial charge in [-0.3, -0.25) is 13.9 Å². The molecule has 4 rings (SSSR count). The van der Waals surface area contributed by atoms with Gasteiger partial charge in [-0.2, -0.15) is 0 Å². The SMILES string of the molecule is CCN1Cc2c(c3ccccc3n2C)-c2c1c(=O)n(C)c(=O)n2C. The first-order chi connectivity index (χ1) is 11.5. The van der Waals surface area contributed by atoms with Crippen LogP contribution in [0.3, 0.4) is 0 Å². The molecular weight excluding hydrogens is 304 g/mol. The summed E-state index contributed by atoms with van der Waals surface area (Å²) in [7, 11) is 5.32. The number of anilines is 1. The molecule has 0 bridgehead atoms. The van der Waals surface area contributed by atoms with Gasteiger partial charge in [0.2, 0.25) is 0 Å². The number of aryl methyl sites for hydroxylation is 1. The second kappa shape index (κ2) is 4.87. The number of aromatic nitrogens is 3. The highest BCUT2D eigenvalue weighted by molar-refractivity contribution is 6.01. The largest absolute Gasteiger partial charge is 0.360 e. The number of nitrogens with zero attached hydrogens (tertiary/aromatic N) is 4. The van der Waals surface area contributed by atoms with Crippen molar-refractivity contribution in [2.75, 3.05) is 11.4 Å². The van der Waals surface area contributed by atoms with E-state index in [2.05, 4.69) is 21.6 Å². The van der Waals surface area contributed by atoms with Gasteiger partial charge in [-0.1, -0.05) is 18.2 Å². The molecule has 0 unspecified atom stereocenters. The summed E-state index contributed by atoms with van der Waals surface area (Å²) >= 11 is 0. The first-order valence-corrected chi connectivity index (χ1v) is 8.09. The standard InChI is InChI=1S/C18H20N4O2/c1-5-22-10-13-14(11-8-6-7-9-12(11)19(13)2)15-16(22)17(23)21(4)18(24)20(15)3/h6-9H,5,10H2,1-4H3. The lowest BCUT2D eigenvalue weighted by Gasteiger charge is -2.31. The summed E-state index contributed by atoms with van der Waals surface area (Å²) in [6, 6.07) is 8.13. The maximum Gasteiger partial charge on any atom is 0.331 e. The molecule has 0 saturated carbocycles. The van der Waals surface area contributed by atoms with Crippen LogP contribution in [0.2, 0.25) is 0 Å². The zero-order valence-corrected chi connectivity index (χ0v) is 14.3. The van der Waals surface area contributed by atoms with Crippen LogP contribution in [0, 0.1) is 0 Å². The Hall–Kier alpha value is -2.76. The lowest BCUT2D eigenvalue weighted by atomic mass is 10.0. The molecule has 0 spiro atoms. The van der Waals surface area contributed by atoms with Crippen molar-refractivity contribution in [2.24, 2.45) is 21.1 Å². The fraction of sp³-hybridized carbons (Fsp3) is 0.333. The number of hydrogen-bond donors (Lipinski definition) is 0. The van der Waals surface area contributed by atoms with Crippen LogP contribution in [0.15, 0.2) is 33.9 Å². The van der Waals surface area contributed by atoms with Gasteiger partial charge in [0.25, 0.3) is 5.56 Å². The predicted octanol–water partition coefficient (Wildman–Crippen LogP) is 1.58. The van der Waals surface area contributed by atoms with Crippen molar-refractivity contribution in [1.82, 2.24) is 13.7 Å². The fourth-order valence-corrected chi connectivity index (χ4v) is 3.82. The normalized spacial score (nSPS) is 13.2. The number of fused-ring (bicyclic) bond motifs is 5. The van der Waals surface area contributed by atoms with Crippen LogP contribution in [0.4, 0.5) is 5.69 Å². The topological polar surface area (TPSA) is 52.2 Å². The van der Waals surface area contributed by atoms with Crippen molar-refractivity contribution >= 4 is 16.6 Å². The van der Waals surface area contributed by atoms with Gasteiger partial charge in [0, 0.05) is 49.8 Å². The van der Waals surface area contributed by atoms with E-state index >= 15 is 0 Å². The fourth-order valence-electron chi connectivity index (χ4n) is 3.82. The molecule has 0 N–H and O–H groups in total. The maximum absolute atomic E-state index is 12.8. The predicted molar refractivity (Wildman–Crippen MR) is 95.6 cm³/mol. The van der Waals surface area contributed by atoms with Gasteiger partial charge >= 0.3 is 5.69 Å². The second-order valence-corrected chi connectivity index (χ2v) is 6.32. The molecule has 0 amide bonds. The average Bonchev–Trinajstić information content (AvgIpc) is 2.89. The smallest absolute Gasteiger partial charge is 0.331 e. The van der Waals surface area contributed by atoms with Crippen LogP contribution < -0.4 is 16.1 Å². The Morgan fingerprint density at radius 3 is 2.42 bits per heavy atom. The van der Waals surface area contributed by atoms with Crippen LogP contribution >= 0.6 is 0 Å². The van der Waals surface area contributed by atoms with E-state index in [0.717, 1.165) is 27.9 Å². The zero-order chi connectivity index (χ0) is 17.2. The minimum Gasteiger partial charge on any atom is -0.360 e. The van der Waals surface area contributed by atoms with Gasteiger partial charge in [-0.25, -0.2) is 4.79 Å². The monoisotopic (exact) mass is 324 g/mol. The number of para-hydroxylation sites is 1. The molecule has 24 heavy (non-hydrogen) atoms. The summed E-state index contributed by atoms with van der Waals surface area (Å²) in [5.41, 5.74) is 4.07. The molecule has 3 aromatic rings. The van der Waals surface area contributed by atoms with Gasteiger partial charge in [0.05, 0.1) is 12.2 Å². The van der Waals surface area contributed by atoms with Crippen LogP contribution in [-0.2, 0) is 27.7 Å². The minimum absolute atomic E-state index is 0.228. The molecule has 3 heterocycles. The van der Waals surface area contributed by atoms with Gasteiger partial charge in [-0.05, 0) is 13.0 Å². The zero-order valence-electron chi connectivity index (χ0n) is 14.3. The van der Waals surface area contributed by atoms with E-state index in [-0.39, 0.29) is 11.2 Å². The molecule has 0 aliphatic carbocycles. The summed E-state index contributed by atoms with van der Waals surface area (Å²) in [5.74, 6) is 0. The Morgan fingerprint density at radius 2 is 1.71 bits per heavy atom. The maximum atomic E-state index is 12.8. The molecule has 0 radical (unpaired) electrons. The lowest BCUT2D eigenvalue weighted by Crippen LogP contribution is -2.44. The van der Waals surface area contributed by atoms with Crippen molar-refractivity contribution in [2.45, 2.75) is 13.5 Å². The summed E-state index contributed by atoms with van der Waals surface area (Å²) in [6.07, 6.45) is 0. The summed E-state index contributed by atoms with van der Waals surface area (Å²) < 4.78 is 4.96. The van der Waals surface area contributed by atoms with E-state index in [1.54, 1.807) is 11.6 Å². The molecule has 1 aliphatic heterocycles. The molecule has 6 nitrogen and oxygen atoms in total. The van der Waals surface area contributed by atoms with Gasteiger partial charge < -0.3 is 9.47 Å². The van der Waals surface area contributed by atoms with E-state index < -0.39 is 0 Å². The number of benzene rings is 1. The Bertz CT molecular complexity index is 1100. The highest BCUT2D eigenvalue weighted by atomic mass is 16.2. The van der Waals surface area contributed by atoms with Crippen LogP contribution in [0.1, 0.15) is 12.6 Å². The Morgan fingerprint density at radius 1 is 1.00 bits per heavy atom. The van der Waals surface area contributed by atoms with E-state index in [9.17, 15) is 9.59 Å². The van der Waals surface area contributed by atoms with Crippen molar-refractivity contribution in [3.8, 4) is 11.3 Å². The Kier molecular flexibility index (Phi) is 3.00. The van der Waals surface area contributed by atoms with Crippen molar-refractivity contribution in [1.29, 1.82) is 0 Å². The highest BCUT2D eigenvalue weighted by Gasteiger charge is 2.31. The van der Waals surface area contributed by atoms with Gasteiger partial charge in [-0.15, -0.1) is 0 Å². The average molecular weight is 324 g/mol. The third-order valence-corrected chi connectivity index (χ3v) is 5.14. The van der Waals surface area contributed by atoms with Crippen LogP contribution in [0.25, 0.3) is 22.2 Å². The number of hydrogen-bond acceptors (Lipinski definition) is 3. The summed E-state index contributed by atoms with van der Waals surface area (Å²) in [5, 5.41) is 1.08. The molecule has 1 aliphatic rings. The summed E-state index contributed by atoms with van der Waals surface area (Å²) in [4.78, 5) is 27.4. The molecular formula is C18H20N4O2. The molecule has 0 saturated heterocycles. The Balaban J connectivity index is 2.26. The quantitative estimate of drug-likeness (QED) is 0.683. The van der Waals surface area contributed by atoms with Crippen LogP contribution in [0.5, 0.6) is 0 Å². The number of rotatable bonds is 1. The van der Waals surface area contributed by atoms with Crippen molar-refractivity contribution in [3.63, 3.8) is 0 Å². The molecule has 1 aromatic carbocycles. The minimum atomic E-state index is -0.296. The van der Waals surface area contributed by atoms with E-state index in [4.69, 9.17) is 0 Å². The van der Waals surface area contributed by atoms with Gasteiger partial charge in [0.15, 0.2) is 0 Å². The van der Waals surface area contributed by atoms with Gasteiger partial charge in [0.1, 0.15) is 5.69 Å². The first kappa shape index (κ1) is 14.8. The second-order valence-electron chi connectivity index (χ2n) is 6.32. The first-order valence-electron chi connectivity index (χ1n) is 8.09. The molecule has 0 atom stereocenters. The summed E-state index contributed by atoms with van der Waals surface area (Å²) in [6.45, 7) is 3.40. The van der Waals surface area contributed by atoms with E-state index in [0.29, 0.717) is 18.8 Å². The molecule has 6 heteroatoms. The van der Waals surface area contributed by atoms with E-state index in [1.807, 2.05) is 26.1 Å². The van der Waals surface area contributed by atoms with E-state index in [1.165, 1.54) is 11.6 Å². The lowest BCUT2D eigenvalue weighted by molar-refractivity contribution is 0.662. The third kappa shape index (κ3) is 1.65. The van der Waals surface area contributed by atoms with Crippen molar-refractivity contribution < 1.29 is 0 Å². The Labute approximate surface area is 139 Å². The molecule has 2 aromatic heterocycles. The third-order valence-electron chi connectivity index (χ3n) is 5.14. The van der Waals surface area contributed by atoms with Crippen LogP contribution in [-0.4, -0.2) is 20.2 Å². The highest BCUT2D eigenvalue weighted by Crippen LogP contribution is 2.41. The molecule has 0 fully saturated rings. The molecule has 124 valence electrons.